The van der Waals surface area contributed by atoms with Gasteiger partial charge >= 0.3 is 11.9 Å². The summed E-state index contributed by atoms with van der Waals surface area (Å²) in [4.78, 5) is 32.0. The molecule has 14 nitrogen and oxygen atoms in total. The van der Waals surface area contributed by atoms with Crippen LogP contribution < -0.4 is 4.74 Å². The highest BCUT2D eigenvalue weighted by molar-refractivity contribution is 6.03. The summed E-state index contributed by atoms with van der Waals surface area (Å²) in [6.45, 7) is 0.260. The zero-order chi connectivity index (χ0) is 36.1. The van der Waals surface area contributed by atoms with Gasteiger partial charge in [0.05, 0.1) is 25.8 Å². The van der Waals surface area contributed by atoms with Crippen molar-refractivity contribution in [1.29, 1.82) is 0 Å². The van der Waals surface area contributed by atoms with Gasteiger partial charge in [0, 0.05) is 31.1 Å². The fourth-order valence-electron chi connectivity index (χ4n) is 8.00. The molecule has 1 aliphatic heterocycles. The Morgan fingerprint density at radius 3 is 2.43 bits per heavy atom. The van der Waals surface area contributed by atoms with Crippen molar-refractivity contribution in [2.75, 3.05) is 27.4 Å². The Labute approximate surface area is 295 Å². The summed E-state index contributed by atoms with van der Waals surface area (Å²) in [5, 5.41) is 56.0. The Hall–Kier alpha value is -4.79. The van der Waals surface area contributed by atoms with Gasteiger partial charge in [0.1, 0.15) is 24.1 Å². The lowest BCUT2D eigenvalue weighted by molar-refractivity contribution is -0.225. The minimum absolute atomic E-state index is 0.0251. The van der Waals surface area contributed by atoms with Crippen molar-refractivity contribution in [3.05, 3.63) is 82.7 Å². The first-order valence-corrected chi connectivity index (χ1v) is 17.3. The number of rotatable bonds is 14. The van der Waals surface area contributed by atoms with Gasteiger partial charge in [0.15, 0.2) is 5.69 Å². The van der Waals surface area contributed by atoms with Crippen LogP contribution in [0, 0.1) is 17.8 Å². The molecule has 0 spiro atoms. The Morgan fingerprint density at radius 1 is 1.00 bits per heavy atom. The minimum atomic E-state index is -2.08. The number of hydrogen-bond acceptors (Lipinski definition) is 13. The van der Waals surface area contributed by atoms with Crippen LogP contribution in [0.2, 0.25) is 0 Å². The number of hydrogen-bond donors (Lipinski definition) is 4. The zero-order valence-corrected chi connectivity index (χ0v) is 28.7. The summed E-state index contributed by atoms with van der Waals surface area (Å²) in [6, 6.07) is 13.1. The van der Waals surface area contributed by atoms with Gasteiger partial charge in [-0.05, 0) is 66.9 Å². The predicted octanol–water partition coefficient (Wildman–Crippen LogP) is 4.05. The summed E-state index contributed by atoms with van der Waals surface area (Å²) in [6.07, 6.45) is 6.17. The fourth-order valence-corrected chi connectivity index (χ4v) is 8.00. The number of phenols is 1. The van der Waals surface area contributed by atoms with E-state index in [9.17, 15) is 30.0 Å². The van der Waals surface area contributed by atoms with Crippen LogP contribution in [-0.2, 0) is 20.9 Å². The molecule has 1 fully saturated rings. The summed E-state index contributed by atoms with van der Waals surface area (Å²) in [7, 11) is 2.31. The number of benzene rings is 2. The largest absolute Gasteiger partial charge is 0.508 e. The van der Waals surface area contributed by atoms with E-state index in [1.54, 1.807) is 12.1 Å². The number of allylic oxidation sites excluding steroid dienone is 1. The number of aliphatic hydroxyl groups is 3. The molecular weight excluding hydrogens is 660 g/mol. The van der Waals surface area contributed by atoms with Crippen LogP contribution in [0.5, 0.6) is 11.5 Å². The second kappa shape index (κ2) is 15.6. The molecule has 2 aromatic carbocycles. The fraction of sp³-hybridized carbons (Fsp3) is 0.486. The first kappa shape index (κ1) is 36.0. The maximum absolute atomic E-state index is 13.3. The number of unbranched alkanes of at least 4 members (excludes halogenated alkanes) is 2. The lowest BCUT2D eigenvalue weighted by atomic mass is 9.55. The number of phenolic OH excluding ortho intramolecular Hbond substituents is 1. The molecule has 3 aliphatic rings. The number of aromatic nitrogens is 3. The van der Waals surface area contributed by atoms with Crippen molar-refractivity contribution in [2.45, 2.75) is 69.3 Å². The second-order valence-electron chi connectivity index (χ2n) is 13.2. The van der Waals surface area contributed by atoms with E-state index in [2.05, 4.69) is 21.5 Å². The van der Waals surface area contributed by atoms with Gasteiger partial charge < -0.3 is 39.5 Å². The number of fused-ring (bicyclic) bond motifs is 2. The van der Waals surface area contributed by atoms with Gasteiger partial charge in [-0.25, -0.2) is 14.3 Å². The third-order valence-corrected chi connectivity index (χ3v) is 10.3. The molecule has 14 heteroatoms. The molecule has 0 saturated heterocycles. The van der Waals surface area contributed by atoms with Gasteiger partial charge in [0.25, 0.3) is 0 Å². The zero-order valence-electron chi connectivity index (χ0n) is 28.7. The first-order chi connectivity index (χ1) is 24.7. The Morgan fingerprint density at radius 2 is 1.73 bits per heavy atom. The molecule has 3 aromatic rings. The SMILES string of the molecule is COC(=O)c1nnn(C2CC(=NOCc3ccccc3)C3=CC(CCCCO)C(CCCCO)C4c5cc(O)ccc5OC2(O)C34)c1C(=O)OC. The van der Waals surface area contributed by atoms with E-state index in [1.807, 2.05) is 30.3 Å². The molecule has 0 radical (unpaired) electrons. The standard InChI is InChI=1S/C37H44N4O10/c1-48-35(45)33-34(36(46)49-2)41(40-38-33)30-20-28(39-50-21-22-10-4-3-5-11-22)26-18-23(12-6-8-16-42)25(13-7-9-17-43)31-27-19-24(44)14-15-29(27)51-37(30,47)32(26)31/h3-5,10-11,14-15,18-19,23,25,30-32,42-44,47H,6-9,12-13,16-17,20-21H2,1-2H3. The molecular formula is C37H44N4O10. The highest BCUT2D eigenvalue weighted by Crippen LogP contribution is 2.62. The number of methoxy groups -OCH3 is 2. The highest BCUT2D eigenvalue weighted by atomic mass is 16.6. The lowest BCUT2D eigenvalue weighted by Gasteiger charge is -2.56. The van der Waals surface area contributed by atoms with E-state index in [0.717, 1.165) is 37.3 Å². The molecule has 2 aliphatic carbocycles. The van der Waals surface area contributed by atoms with E-state index in [0.29, 0.717) is 48.3 Å². The van der Waals surface area contributed by atoms with Crippen LogP contribution in [0.3, 0.4) is 0 Å². The molecule has 6 rings (SSSR count). The molecule has 6 atom stereocenters. The summed E-state index contributed by atoms with van der Waals surface area (Å²) >= 11 is 0. The second-order valence-corrected chi connectivity index (χ2v) is 13.2. The number of oxime groups is 1. The van der Waals surface area contributed by atoms with Crippen LogP contribution in [0.15, 0.2) is 65.3 Å². The maximum Gasteiger partial charge on any atom is 0.361 e. The Balaban J connectivity index is 1.56. The Kier molecular flexibility index (Phi) is 11.0. The van der Waals surface area contributed by atoms with Crippen LogP contribution in [0.1, 0.15) is 89.0 Å². The summed E-state index contributed by atoms with van der Waals surface area (Å²) in [5.41, 5.74) is 2.05. The van der Waals surface area contributed by atoms with E-state index < -0.39 is 35.6 Å². The van der Waals surface area contributed by atoms with E-state index in [4.69, 9.17) is 19.0 Å². The van der Waals surface area contributed by atoms with E-state index >= 15 is 0 Å². The first-order valence-electron chi connectivity index (χ1n) is 17.3. The molecule has 272 valence electrons. The molecule has 0 amide bonds. The highest BCUT2D eigenvalue weighted by Gasteiger charge is 2.64. The number of aromatic hydroxyl groups is 1. The molecule has 1 aromatic heterocycles. The summed E-state index contributed by atoms with van der Waals surface area (Å²) < 4.78 is 17.6. The number of carbonyl (C=O) groups is 2. The molecule has 0 bridgehead atoms. The third-order valence-electron chi connectivity index (χ3n) is 10.3. The number of ether oxygens (including phenoxy) is 3. The average molecular weight is 705 g/mol. The van der Waals surface area contributed by atoms with Crippen molar-refractivity contribution in [3.8, 4) is 11.5 Å². The van der Waals surface area contributed by atoms with Crippen LogP contribution in [0.25, 0.3) is 0 Å². The van der Waals surface area contributed by atoms with Gasteiger partial charge in [0.2, 0.25) is 11.5 Å². The number of carbonyl (C=O) groups excluding carboxylic acids is 2. The van der Waals surface area contributed by atoms with Gasteiger partial charge in [-0.3, -0.25) is 0 Å². The van der Waals surface area contributed by atoms with Crippen molar-refractivity contribution in [1.82, 2.24) is 15.0 Å². The van der Waals surface area contributed by atoms with E-state index in [-0.39, 0.29) is 55.2 Å². The average Bonchev–Trinajstić information content (AvgIpc) is 3.58. The predicted molar refractivity (Wildman–Crippen MR) is 182 cm³/mol. The van der Waals surface area contributed by atoms with Crippen molar-refractivity contribution < 1.29 is 49.1 Å². The number of nitrogens with zero attached hydrogens (tertiary/aromatic N) is 4. The molecule has 51 heavy (non-hydrogen) atoms. The molecule has 2 heterocycles. The monoisotopic (exact) mass is 704 g/mol. The van der Waals surface area contributed by atoms with Crippen LogP contribution in [0.4, 0.5) is 0 Å². The molecule has 4 N–H and O–H groups in total. The molecule has 1 saturated carbocycles. The van der Waals surface area contributed by atoms with Gasteiger partial charge in [-0.15, -0.1) is 5.10 Å². The summed E-state index contributed by atoms with van der Waals surface area (Å²) in [5.74, 6) is -4.90. The normalized spacial score (nSPS) is 25.6. The van der Waals surface area contributed by atoms with E-state index in [1.165, 1.54) is 6.07 Å². The topological polar surface area (TPSA) is 195 Å². The third kappa shape index (κ3) is 6.95. The Bertz CT molecular complexity index is 1780. The number of aliphatic hydroxyl groups excluding tert-OH is 2. The van der Waals surface area contributed by atoms with Gasteiger partial charge in [-0.2, -0.15) is 0 Å². The quantitative estimate of drug-likeness (QED) is 0.107. The lowest BCUT2D eigenvalue weighted by Crippen LogP contribution is -2.62. The van der Waals surface area contributed by atoms with Crippen molar-refractivity contribution in [2.24, 2.45) is 22.9 Å². The smallest absolute Gasteiger partial charge is 0.361 e. The van der Waals surface area contributed by atoms with Crippen LogP contribution in [-0.4, -0.2) is 86.3 Å². The number of esters is 2. The van der Waals surface area contributed by atoms with Crippen molar-refractivity contribution in [3.63, 3.8) is 0 Å². The van der Waals surface area contributed by atoms with Crippen molar-refractivity contribution >= 4 is 17.7 Å². The minimum Gasteiger partial charge on any atom is -0.508 e. The van der Waals surface area contributed by atoms with Gasteiger partial charge in [-0.1, -0.05) is 59.6 Å². The molecule has 6 unspecified atom stereocenters. The maximum atomic E-state index is 13.3. The van der Waals surface area contributed by atoms with Crippen LogP contribution >= 0.6 is 0 Å².